The molecule has 0 radical (unpaired) electrons. The fourth-order valence-corrected chi connectivity index (χ4v) is 4.22. The summed E-state index contributed by atoms with van der Waals surface area (Å²) in [4.78, 5) is 38.6. The van der Waals surface area contributed by atoms with E-state index in [1.807, 2.05) is 0 Å². The zero-order valence-corrected chi connectivity index (χ0v) is 16.3. The van der Waals surface area contributed by atoms with Crippen LogP contribution in [0.15, 0.2) is 49.1 Å². The summed E-state index contributed by atoms with van der Waals surface area (Å²) < 4.78 is 12.0. The summed E-state index contributed by atoms with van der Waals surface area (Å²) in [5.41, 5.74) is 1.38. The van der Waals surface area contributed by atoms with E-state index in [2.05, 4.69) is 11.9 Å². The molecule has 1 N–H and O–H groups in total. The fraction of sp³-hybridized carbons (Fsp3) is 0.261. The van der Waals surface area contributed by atoms with Crippen LogP contribution in [0.2, 0.25) is 0 Å². The van der Waals surface area contributed by atoms with E-state index in [1.54, 1.807) is 18.2 Å². The van der Waals surface area contributed by atoms with Gasteiger partial charge in [0, 0.05) is 36.7 Å². The topological polar surface area (TPSA) is 84.9 Å². The number of hydrogen-bond donors (Lipinski definition) is 1. The van der Waals surface area contributed by atoms with Gasteiger partial charge < -0.3 is 14.8 Å². The molecule has 1 aliphatic carbocycles. The first-order valence-corrected chi connectivity index (χ1v) is 9.94. The Morgan fingerprint density at radius 2 is 1.77 bits per heavy atom. The summed E-state index contributed by atoms with van der Waals surface area (Å²) >= 11 is 0. The van der Waals surface area contributed by atoms with Crippen molar-refractivity contribution in [3.63, 3.8) is 0 Å². The number of imide groups is 1. The SMILES string of the molecule is C=CCN1C(=O)c2ccc(C(=O)Nc3ccc4c(c3)OC3(CCCC3)O4)cc2C1=O. The molecule has 5 rings (SSSR count). The first-order chi connectivity index (χ1) is 14.5. The quantitative estimate of drug-likeness (QED) is 0.620. The summed E-state index contributed by atoms with van der Waals surface area (Å²) in [7, 11) is 0. The number of carbonyl (C=O) groups is 3. The predicted octanol–water partition coefficient (Wildman–Crippen LogP) is 3.76. The van der Waals surface area contributed by atoms with Crippen molar-refractivity contribution in [3.8, 4) is 11.5 Å². The van der Waals surface area contributed by atoms with Gasteiger partial charge in [0.1, 0.15) is 0 Å². The maximum atomic E-state index is 12.8. The highest BCUT2D eigenvalue weighted by atomic mass is 16.7. The van der Waals surface area contributed by atoms with Crippen LogP contribution in [0.1, 0.15) is 56.8 Å². The Hall–Kier alpha value is -3.61. The number of amides is 3. The molecule has 1 fully saturated rings. The van der Waals surface area contributed by atoms with Crippen molar-refractivity contribution in [2.45, 2.75) is 31.5 Å². The van der Waals surface area contributed by atoms with Gasteiger partial charge in [0.15, 0.2) is 11.5 Å². The Balaban J connectivity index is 1.35. The van der Waals surface area contributed by atoms with Crippen LogP contribution in [0.5, 0.6) is 11.5 Å². The minimum atomic E-state index is -0.560. The van der Waals surface area contributed by atoms with Gasteiger partial charge >= 0.3 is 0 Å². The van der Waals surface area contributed by atoms with Gasteiger partial charge in [-0.05, 0) is 43.2 Å². The number of ether oxygens (including phenoxy) is 2. The molecule has 3 aliphatic rings. The highest BCUT2D eigenvalue weighted by molar-refractivity contribution is 6.22. The molecule has 1 spiro atoms. The first kappa shape index (κ1) is 18.4. The molecular formula is C23H20N2O5. The third-order valence-electron chi connectivity index (χ3n) is 5.70. The summed E-state index contributed by atoms with van der Waals surface area (Å²) in [5.74, 6) is -0.444. The van der Waals surface area contributed by atoms with E-state index in [4.69, 9.17) is 9.47 Å². The van der Waals surface area contributed by atoms with Gasteiger partial charge in [0.05, 0.1) is 11.1 Å². The first-order valence-electron chi connectivity index (χ1n) is 9.94. The lowest BCUT2D eigenvalue weighted by molar-refractivity contribution is -0.0716. The van der Waals surface area contributed by atoms with E-state index in [0.29, 0.717) is 28.3 Å². The average molecular weight is 404 g/mol. The summed E-state index contributed by atoms with van der Waals surface area (Å²) in [6.07, 6.45) is 5.34. The molecule has 2 heterocycles. The van der Waals surface area contributed by atoms with E-state index in [0.717, 1.165) is 30.6 Å². The Kier molecular flexibility index (Phi) is 4.13. The van der Waals surface area contributed by atoms with Gasteiger partial charge in [-0.3, -0.25) is 19.3 Å². The minimum absolute atomic E-state index is 0.132. The molecule has 7 heteroatoms. The molecule has 0 atom stereocenters. The number of hydrogen-bond acceptors (Lipinski definition) is 5. The van der Waals surface area contributed by atoms with Gasteiger partial charge in [-0.2, -0.15) is 0 Å². The normalized spacial score (nSPS) is 18.1. The lowest BCUT2D eigenvalue weighted by atomic mass is 10.1. The molecule has 0 bridgehead atoms. The van der Waals surface area contributed by atoms with Gasteiger partial charge in [-0.1, -0.05) is 6.08 Å². The molecule has 2 aromatic carbocycles. The van der Waals surface area contributed by atoms with Crippen LogP contribution < -0.4 is 14.8 Å². The van der Waals surface area contributed by atoms with Crippen LogP contribution in [-0.4, -0.2) is 35.0 Å². The number of fused-ring (bicyclic) bond motifs is 2. The second-order valence-electron chi connectivity index (χ2n) is 7.71. The number of nitrogens with one attached hydrogen (secondary N) is 1. The Labute approximate surface area is 173 Å². The summed E-state index contributed by atoms with van der Waals surface area (Å²) in [6, 6.07) is 9.79. The molecule has 2 aliphatic heterocycles. The molecule has 0 saturated heterocycles. The maximum Gasteiger partial charge on any atom is 0.261 e. The molecular weight excluding hydrogens is 384 g/mol. The lowest BCUT2D eigenvalue weighted by Crippen LogP contribution is -2.34. The Morgan fingerprint density at radius 3 is 2.53 bits per heavy atom. The Bertz CT molecular complexity index is 1100. The molecule has 0 unspecified atom stereocenters. The molecule has 2 aromatic rings. The number of nitrogens with zero attached hydrogens (tertiary/aromatic N) is 1. The van der Waals surface area contributed by atoms with Crippen LogP contribution in [-0.2, 0) is 0 Å². The smallest absolute Gasteiger partial charge is 0.261 e. The lowest BCUT2D eigenvalue weighted by Gasteiger charge is -2.21. The van der Waals surface area contributed by atoms with Crippen molar-refractivity contribution in [3.05, 3.63) is 65.7 Å². The zero-order valence-electron chi connectivity index (χ0n) is 16.3. The predicted molar refractivity (Wildman–Crippen MR) is 109 cm³/mol. The van der Waals surface area contributed by atoms with Crippen LogP contribution in [0, 0.1) is 0 Å². The number of anilines is 1. The highest BCUT2D eigenvalue weighted by Crippen LogP contribution is 2.47. The van der Waals surface area contributed by atoms with E-state index in [-0.39, 0.29) is 23.9 Å². The third kappa shape index (κ3) is 2.85. The van der Waals surface area contributed by atoms with Crippen LogP contribution in [0.3, 0.4) is 0 Å². The standard InChI is InChI=1S/C23H20N2O5/c1-2-11-25-21(27)16-7-5-14(12-17(16)22(25)28)20(26)24-15-6-8-18-19(13-15)30-23(29-18)9-3-4-10-23/h2,5-8,12-13H,1,3-4,9-11H2,(H,24,26). The molecule has 30 heavy (non-hydrogen) atoms. The van der Waals surface area contributed by atoms with Crippen molar-refractivity contribution < 1.29 is 23.9 Å². The van der Waals surface area contributed by atoms with Gasteiger partial charge in [0.2, 0.25) is 0 Å². The molecule has 152 valence electrons. The number of rotatable bonds is 4. The van der Waals surface area contributed by atoms with Gasteiger partial charge in [-0.25, -0.2) is 0 Å². The minimum Gasteiger partial charge on any atom is -0.448 e. The summed E-state index contributed by atoms with van der Waals surface area (Å²) in [6.45, 7) is 3.70. The van der Waals surface area contributed by atoms with Crippen molar-refractivity contribution in [1.29, 1.82) is 0 Å². The van der Waals surface area contributed by atoms with Crippen LogP contribution in [0.25, 0.3) is 0 Å². The van der Waals surface area contributed by atoms with Crippen LogP contribution in [0.4, 0.5) is 5.69 Å². The van der Waals surface area contributed by atoms with Gasteiger partial charge in [0.25, 0.3) is 23.5 Å². The molecule has 1 saturated carbocycles. The highest BCUT2D eigenvalue weighted by Gasteiger charge is 2.44. The van der Waals surface area contributed by atoms with Crippen LogP contribution >= 0.6 is 0 Å². The Morgan fingerprint density at radius 1 is 1.03 bits per heavy atom. The fourth-order valence-electron chi connectivity index (χ4n) is 4.22. The number of benzene rings is 2. The van der Waals surface area contributed by atoms with Gasteiger partial charge in [-0.15, -0.1) is 6.58 Å². The summed E-state index contributed by atoms with van der Waals surface area (Å²) in [5, 5.41) is 2.82. The van der Waals surface area contributed by atoms with E-state index in [9.17, 15) is 14.4 Å². The van der Waals surface area contributed by atoms with Crippen molar-refractivity contribution in [2.75, 3.05) is 11.9 Å². The zero-order chi connectivity index (χ0) is 20.9. The monoisotopic (exact) mass is 404 g/mol. The molecule has 3 amide bonds. The third-order valence-corrected chi connectivity index (χ3v) is 5.70. The van der Waals surface area contributed by atoms with E-state index >= 15 is 0 Å². The van der Waals surface area contributed by atoms with E-state index in [1.165, 1.54) is 24.3 Å². The average Bonchev–Trinajstić information content (AvgIpc) is 3.41. The molecule has 0 aromatic heterocycles. The van der Waals surface area contributed by atoms with Crippen molar-refractivity contribution in [2.24, 2.45) is 0 Å². The maximum absolute atomic E-state index is 12.8. The molecule has 7 nitrogen and oxygen atoms in total. The van der Waals surface area contributed by atoms with E-state index < -0.39 is 11.7 Å². The van der Waals surface area contributed by atoms with Crippen molar-refractivity contribution in [1.82, 2.24) is 4.90 Å². The largest absolute Gasteiger partial charge is 0.448 e. The second-order valence-corrected chi connectivity index (χ2v) is 7.71. The number of carbonyl (C=O) groups excluding carboxylic acids is 3. The van der Waals surface area contributed by atoms with Crippen molar-refractivity contribution >= 4 is 23.4 Å². The second kappa shape index (κ2) is 6.73.